The Bertz CT molecular complexity index is 76.9. The van der Waals surface area contributed by atoms with E-state index in [1.54, 1.807) is 0 Å². The van der Waals surface area contributed by atoms with E-state index in [-0.39, 0.29) is 12.9 Å². The molecule has 0 aromatic carbocycles. The molecular formula is CH5O4Re-. The van der Waals surface area contributed by atoms with Gasteiger partial charge in [-0.15, -0.1) is 0 Å². The van der Waals surface area contributed by atoms with Crippen LogP contribution in [0.4, 0.5) is 0 Å². The summed E-state index contributed by atoms with van der Waals surface area (Å²) in [5.74, 6) is 0. The molecule has 0 heterocycles. The Morgan fingerprint density at radius 1 is 1.00 bits per heavy atom. The third kappa shape index (κ3) is 73600. The molecule has 5 heteroatoms. The SMILES string of the molecule is O.[CH3-].[O]=[Re](=[O])=[O]. The van der Waals surface area contributed by atoms with Gasteiger partial charge < -0.3 is 12.9 Å². The van der Waals surface area contributed by atoms with Crippen molar-refractivity contribution in [3.05, 3.63) is 7.43 Å². The molecule has 0 atom stereocenters. The van der Waals surface area contributed by atoms with Crippen LogP contribution in [0.5, 0.6) is 0 Å². The minimum absolute atomic E-state index is 0. The van der Waals surface area contributed by atoms with Gasteiger partial charge in [-0.05, 0) is 0 Å². The van der Waals surface area contributed by atoms with Gasteiger partial charge in [0.1, 0.15) is 0 Å². The zero-order valence-corrected chi connectivity index (χ0v) is 5.82. The van der Waals surface area contributed by atoms with Crippen molar-refractivity contribution in [2.24, 2.45) is 0 Å². The molecule has 0 rings (SSSR count). The molecule has 0 aliphatic carbocycles. The van der Waals surface area contributed by atoms with Gasteiger partial charge in [0, 0.05) is 0 Å². The molecule has 4 nitrogen and oxygen atoms in total. The molecule has 41 valence electrons. The van der Waals surface area contributed by atoms with E-state index >= 15 is 0 Å². The molecule has 0 aliphatic heterocycles. The molecule has 0 saturated carbocycles. The zero-order valence-electron chi connectivity index (χ0n) is 3.10. The predicted octanol–water partition coefficient (Wildman–Crippen LogP) is -0.733. The van der Waals surface area contributed by atoms with Crippen LogP contribution in [-0.4, -0.2) is 5.48 Å². The van der Waals surface area contributed by atoms with Gasteiger partial charge in [0.05, 0.1) is 0 Å². The van der Waals surface area contributed by atoms with Crippen molar-refractivity contribution in [3.63, 3.8) is 0 Å². The van der Waals surface area contributed by atoms with E-state index in [2.05, 4.69) is 0 Å². The van der Waals surface area contributed by atoms with Gasteiger partial charge in [-0.3, -0.25) is 0 Å². The topological polar surface area (TPSA) is 82.7 Å². The molecule has 0 aromatic rings. The van der Waals surface area contributed by atoms with Crippen LogP contribution in [0.1, 0.15) is 0 Å². The predicted molar refractivity (Wildman–Crippen MR) is 12.1 cm³/mol. The summed E-state index contributed by atoms with van der Waals surface area (Å²) in [5, 5.41) is 0. The van der Waals surface area contributed by atoms with Crippen molar-refractivity contribution >= 4 is 0 Å². The molecule has 0 aromatic heterocycles. The first-order valence-corrected chi connectivity index (χ1v) is 3.79. The van der Waals surface area contributed by atoms with Crippen LogP contribution in [0, 0.1) is 7.43 Å². The fourth-order valence-electron chi connectivity index (χ4n) is 0. The summed E-state index contributed by atoms with van der Waals surface area (Å²) < 4.78 is 25.8. The molecule has 0 radical (unpaired) electrons. The van der Waals surface area contributed by atoms with Gasteiger partial charge >= 0.3 is 27.0 Å². The Morgan fingerprint density at radius 3 is 1.00 bits per heavy atom. The summed E-state index contributed by atoms with van der Waals surface area (Å²) in [5.41, 5.74) is 0. The van der Waals surface area contributed by atoms with E-state index in [0.717, 1.165) is 0 Å². The summed E-state index contributed by atoms with van der Waals surface area (Å²) >= 11 is -4.21. The number of rotatable bonds is 0. The monoisotopic (exact) mass is 268 g/mol. The van der Waals surface area contributed by atoms with E-state index in [1.807, 2.05) is 0 Å². The van der Waals surface area contributed by atoms with Gasteiger partial charge in [-0.25, -0.2) is 0 Å². The first-order valence-electron chi connectivity index (χ1n) is 0.463. The van der Waals surface area contributed by atoms with Crippen molar-refractivity contribution in [3.8, 4) is 0 Å². The Morgan fingerprint density at radius 2 is 1.00 bits per heavy atom. The maximum absolute atomic E-state index is 8.60. The normalized spacial score (nSPS) is 4.00. The van der Waals surface area contributed by atoms with E-state index in [9.17, 15) is 0 Å². The average Bonchev–Trinajstić information content (AvgIpc) is 0.811. The Kier molecular flexibility index (Phi) is 24.7. The van der Waals surface area contributed by atoms with Crippen molar-refractivity contribution < 1.29 is 32.5 Å². The van der Waals surface area contributed by atoms with Crippen molar-refractivity contribution in [2.75, 3.05) is 0 Å². The Balaban J connectivity index is -0.0000000450. The fourth-order valence-corrected chi connectivity index (χ4v) is 0. The van der Waals surface area contributed by atoms with Crippen LogP contribution in [0.15, 0.2) is 0 Å². The standard InChI is InChI=1S/CH3.H2O.3O.Re/h1H3;1H2;;;;/q-1;;;;;. The molecule has 0 unspecified atom stereocenters. The molecular weight excluding hydrogens is 262 g/mol. The van der Waals surface area contributed by atoms with Gasteiger partial charge in [-0.2, -0.15) is 0 Å². The fraction of sp³-hybridized carbons (Fsp3) is 0. The third-order valence-corrected chi connectivity index (χ3v) is 0. The molecule has 0 aliphatic rings. The summed E-state index contributed by atoms with van der Waals surface area (Å²) in [6.45, 7) is 0. The first kappa shape index (κ1) is 16.6. The summed E-state index contributed by atoms with van der Waals surface area (Å²) in [4.78, 5) is 0. The second-order valence-corrected chi connectivity index (χ2v) is 1.55. The molecule has 0 amide bonds. The summed E-state index contributed by atoms with van der Waals surface area (Å²) in [7, 11) is 0. The molecule has 0 spiro atoms. The second kappa shape index (κ2) is 8.90. The first-order chi connectivity index (χ1) is 1.73. The molecule has 6 heavy (non-hydrogen) atoms. The van der Waals surface area contributed by atoms with Crippen molar-refractivity contribution in [1.82, 2.24) is 0 Å². The van der Waals surface area contributed by atoms with E-state index in [1.165, 1.54) is 0 Å². The number of hydrogen-bond donors (Lipinski definition) is 0. The Hall–Kier alpha value is 0.0223. The van der Waals surface area contributed by atoms with Crippen molar-refractivity contribution in [2.45, 2.75) is 0 Å². The summed E-state index contributed by atoms with van der Waals surface area (Å²) in [6, 6.07) is 0. The van der Waals surface area contributed by atoms with Crippen LogP contribution < -0.4 is 0 Å². The average molecular weight is 267 g/mol. The second-order valence-electron chi connectivity index (χ2n) is 0.189. The third-order valence-electron chi connectivity index (χ3n) is 0. The summed E-state index contributed by atoms with van der Waals surface area (Å²) in [6.07, 6.45) is 0. The van der Waals surface area contributed by atoms with Crippen LogP contribution in [0.25, 0.3) is 0 Å². The minimum atomic E-state index is -4.21. The van der Waals surface area contributed by atoms with E-state index < -0.39 is 16.6 Å². The molecule has 0 fully saturated rings. The molecule has 2 N–H and O–H groups in total. The van der Waals surface area contributed by atoms with Crippen LogP contribution >= 0.6 is 0 Å². The quantitative estimate of drug-likeness (QED) is 0.542. The van der Waals surface area contributed by atoms with Gasteiger partial charge in [0.25, 0.3) is 0 Å². The van der Waals surface area contributed by atoms with E-state index in [4.69, 9.17) is 10.4 Å². The van der Waals surface area contributed by atoms with Gasteiger partial charge in [0.2, 0.25) is 0 Å². The van der Waals surface area contributed by atoms with Gasteiger partial charge in [0.15, 0.2) is 0 Å². The molecule has 0 saturated heterocycles. The van der Waals surface area contributed by atoms with Crippen LogP contribution in [0.2, 0.25) is 0 Å². The van der Waals surface area contributed by atoms with Crippen LogP contribution in [0.3, 0.4) is 0 Å². The van der Waals surface area contributed by atoms with E-state index in [0.29, 0.717) is 0 Å². The number of hydrogen-bond acceptors (Lipinski definition) is 3. The van der Waals surface area contributed by atoms with Gasteiger partial charge in [-0.1, -0.05) is 0 Å². The Labute approximate surface area is 40.6 Å². The van der Waals surface area contributed by atoms with Crippen LogP contribution in [-0.2, 0) is 27.0 Å². The zero-order chi connectivity index (χ0) is 3.58. The maximum atomic E-state index is 8.60. The van der Waals surface area contributed by atoms with Crippen molar-refractivity contribution in [1.29, 1.82) is 0 Å². The molecule has 0 bridgehead atoms.